The van der Waals surface area contributed by atoms with E-state index in [1.54, 1.807) is 36.4 Å². The number of hydrogen-bond acceptors (Lipinski definition) is 3. The van der Waals surface area contributed by atoms with Crippen LogP contribution in [-0.2, 0) is 10.0 Å². The van der Waals surface area contributed by atoms with Gasteiger partial charge in [-0.1, -0.05) is 50.2 Å². The van der Waals surface area contributed by atoms with Crippen molar-refractivity contribution in [3.63, 3.8) is 0 Å². The highest BCUT2D eigenvalue weighted by Crippen LogP contribution is 2.31. The quantitative estimate of drug-likeness (QED) is 0.498. The molecule has 3 aromatic carbocycles. The first-order valence-electron chi connectivity index (χ1n) is 11.1. The van der Waals surface area contributed by atoms with Gasteiger partial charge in [-0.25, -0.2) is 17.2 Å². The number of benzene rings is 3. The van der Waals surface area contributed by atoms with Crippen LogP contribution in [0.2, 0.25) is 0 Å². The Kier molecular flexibility index (Phi) is 6.93. The van der Waals surface area contributed by atoms with E-state index < -0.39 is 10.0 Å². The van der Waals surface area contributed by atoms with E-state index in [0.29, 0.717) is 37.0 Å². The van der Waals surface area contributed by atoms with Crippen molar-refractivity contribution in [1.82, 2.24) is 9.21 Å². The third kappa shape index (κ3) is 5.16. The second-order valence-electron chi connectivity index (χ2n) is 8.67. The Bertz CT molecular complexity index is 1120. The van der Waals surface area contributed by atoms with Crippen LogP contribution < -0.4 is 0 Å². The van der Waals surface area contributed by atoms with Crippen molar-refractivity contribution in [2.45, 2.75) is 30.7 Å². The minimum Gasteiger partial charge on any atom is -0.290 e. The first-order valence-corrected chi connectivity index (χ1v) is 12.5. The van der Waals surface area contributed by atoms with Crippen molar-refractivity contribution in [2.24, 2.45) is 0 Å². The Morgan fingerprint density at radius 1 is 0.667 bits per heavy atom. The average Bonchev–Trinajstić information content (AvgIpc) is 2.82. The predicted octanol–water partition coefficient (Wildman–Crippen LogP) is 5.18. The molecular weight excluding hydrogens is 442 g/mol. The van der Waals surface area contributed by atoms with Gasteiger partial charge >= 0.3 is 0 Å². The third-order valence-electron chi connectivity index (χ3n) is 6.19. The van der Waals surface area contributed by atoms with E-state index in [2.05, 4.69) is 18.7 Å². The van der Waals surface area contributed by atoms with Crippen LogP contribution in [0.3, 0.4) is 0 Å². The molecule has 1 aliphatic rings. The zero-order valence-electron chi connectivity index (χ0n) is 18.8. The van der Waals surface area contributed by atoms with Crippen LogP contribution >= 0.6 is 0 Å². The van der Waals surface area contributed by atoms with Gasteiger partial charge in [0.05, 0.1) is 10.9 Å². The van der Waals surface area contributed by atoms with Gasteiger partial charge in [-0.3, -0.25) is 4.90 Å². The Hall–Kier alpha value is -2.61. The number of halogens is 2. The molecule has 0 radical (unpaired) electrons. The van der Waals surface area contributed by atoms with Gasteiger partial charge in [0.1, 0.15) is 11.6 Å². The molecule has 0 spiro atoms. The van der Waals surface area contributed by atoms with E-state index in [-0.39, 0.29) is 17.7 Å². The Balaban J connectivity index is 1.54. The van der Waals surface area contributed by atoms with Crippen LogP contribution in [0.25, 0.3) is 0 Å². The van der Waals surface area contributed by atoms with Crippen molar-refractivity contribution in [2.75, 3.05) is 26.2 Å². The topological polar surface area (TPSA) is 40.6 Å². The van der Waals surface area contributed by atoms with Crippen LogP contribution in [0.5, 0.6) is 0 Å². The number of nitrogens with zero attached hydrogens (tertiary/aromatic N) is 2. The molecule has 4 nitrogen and oxygen atoms in total. The van der Waals surface area contributed by atoms with Gasteiger partial charge in [0, 0.05) is 26.2 Å². The molecule has 3 aromatic rings. The van der Waals surface area contributed by atoms with Crippen LogP contribution in [0.15, 0.2) is 77.7 Å². The monoisotopic (exact) mass is 470 g/mol. The molecule has 1 heterocycles. The Labute approximate surface area is 194 Å². The molecule has 0 unspecified atom stereocenters. The number of sulfonamides is 1. The van der Waals surface area contributed by atoms with Crippen LogP contribution in [0.1, 0.15) is 42.5 Å². The molecule has 1 fully saturated rings. The number of hydrogen-bond donors (Lipinski definition) is 0. The van der Waals surface area contributed by atoms with Gasteiger partial charge in [-0.15, -0.1) is 0 Å². The summed E-state index contributed by atoms with van der Waals surface area (Å²) in [6.07, 6.45) is 0. The molecule has 0 N–H and O–H groups in total. The molecule has 0 amide bonds. The second kappa shape index (κ2) is 9.71. The molecule has 0 aliphatic carbocycles. The summed E-state index contributed by atoms with van der Waals surface area (Å²) in [7, 11) is -3.59. The molecule has 0 atom stereocenters. The van der Waals surface area contributed by atoms with Gasteiger partial charge in [-0.2, -0.15) is 4.31 Å². The minimum atomic E-state index is -3.59. The van der Waals surface area contributed by atoms with E-state index in [1.165, 1.54) is 28.6 Å². The van der Waals surface area contributed by atoms with E-state index in [0.717, 1.165) is 16.7 Å². The molecule has 33 heavy (non-hydrogen) atoms. The number of piperazine rings is 1. The molecule has 174 valence electrons. The summed E-state index contributed by atoms with van der Waals surface area (Å²) in [5, 5.41) is 0. The Morgan fingerprint density at radius 3 is 1.52 bits per heavy atom. The van der Waals surface area contributed by atoms with Crippen LogP contribution in [0.4, 0.5) is 8.78 Å². The molecule has 7 heteroatoms. The first-order chi connectivity index (χ1) is 15.8. The lowest BCUT2D eigenvalue weighted by Gasteiger charge is -2.39. The van der Waals surface area contributed by atoms with E-state index in [4.69, 9.17) is 0 Å². The summed E-state index contributed by atoms with van der Waals surface area (Å²) in [6, 6.07) is 19.4. The molecule has 1 saturated heterocycles. The summed E-state index contributed by atoms with van der Waals surface area (Å²) in [5.41, 5.74) is 2.85. The van der Waals surface area contributed by atoms with Crippen LogP contribution in [0, 0.1) is 11.6 Å². The van der Waals surface area contributed by atoms with Crippen molar-refractivity contribution in [3.8, 4) is 0 Å². The fourth-order valence-corrected chi connectivity index (χ4v) is 5.70. The summed E-state index contributed by atoms with van der Waals surface area (Å²) in [6.45, 7) is 5.83. The van der Waals surface area contributed by atoms with E-state index in [9.17, 15) is 17.2 Å². The van der Waals surface area contributed by atoms with E-state index in [1.807, 2.05) is 12.1 Å². The van der Waals surface area contributed by atoms with Gasteiger partial charge in [-0.05, 0) is 59.0 Å². The van der Waals surface area contributed by atoms with Crippen molar-refractivity contribution < 1.29 is 17.2 Å². The predicted molar refractivity (Wildman–Crippen MR) is 126 cm³/mol. The lowest BCUT2D eigenvalue weighted by molar-refractivity contribution is 0.155. The lowest BCUT2D eigenvalue weighted by Crippen LogP contribution is -2.49. The molecule has 0 aromatic heterocycles. The zero-order chi connectivity index (χ0) is 23.6. The maximum atomic E-state index is 13.5. The molecule has 0 saturated carbocycles. The van der Waals surface area contributed by atoms with Crippen molar-refractivity contribution in [3.05, 3.63) is 101 Å². The summed E-state index contributed by atoms with van der Waals surface area (Å²) in [4.78, 5) is 2.46. The SMILES string of the molecule is CC(C)c1ccc(S(=O)(=O)N2CCN(C(c3ccc(F)cc3)c3ccc(F)cc3)CC2)cc1. The van der Waals surface area contributed by atoms with Crippen LogP contribution in [-0.4, -0.2) is 43.8 Å². The van der Waals surface area contributed by atoms with Crippen molar-refractivity contribution in [1.29, 1.82) is 0 Å². The van der Waals surface area contributed by atoms with E-state index >= 15 is 0 Å². The maximum absolute atomic E-state index is 13.5. The highest BCUT2D eigenvalue weighted by molar-refractivity contribution is 7.89. The fraction of sp³-hybridized carbons (Fsp3) is 0.308. The molecule has 1 aliphatic heterocycles. The maximum Gasteiger partial charge on any atom is 0.243 e. The summed E-state index contributed by atoms with van der Waals surface area (Å²) < 4.78 is 54.9. The normalized spacial score (nSPS) is 15.9. The zero-order valence-corrected chi connectivity index (χ0v) is 19.6. The smallest absolute Gasteiger partial charge is 0.243 e. The van der Waals surface area contributed by atoms with Gasteiger partial charge in [0.2, 0.25) is 10.0 Å². The number of rotatable bonds is 6. The largest absolute Gasteiger partial charge is 0.290 e. The highest BCUT2D eigenvalue weighted by atomic mass is 32.2. The summed E-state index contributed by atoms with van der Waals surface area (Å²) in [5.74, 6) is -0.313. The molecule has 4 rings (SSSR count). The molecular formula is C26H28F2N2O2S. The Morgan fingerprint density at radius 2 is 1.09 bits per heavy atom. The van der Waals surface area contributed by atoms with Gasteiger partial charge in [0.15, 0.2) is 0 Å². The van der Waals surface area contributed by atoms with Gasteiger partial charge in [0.25, 0.3) is 0 Å². The minimum absolute atomic E-state index is 0.221. The fourth-order valence-electron chi connectivity index (χ4n) is 4.28. The highest BCUT2D eigenvalue weighted by Gasteiger charge is 2.32. The molecule has 0 bridgehead atoms. The second-order valence-corrected chi connectivity index (χ2v) is 10.6. The first kappa shape index (κ1) is 23.5. The lowest BCUT2D eigenvalue weighted by atomic mass is 9.96. The standard InChI is InChI=1S/C26H28F2N2O2S/c1-19(2)20-7-13-25(14-8-20)33(31,32)30-17-15-29(16-18-30)26(21-3-9-23(27)10-4-21)22-5-11-24(28)12-6-22/h3-14,19,26H,15-18H2,1-2H3. The van der Waals surface area contributed by atoms with Gasteiger partial charge < -0.3 is 0 Å². The summed E-state index contributed by atoms with van der Waals surface area (Å²) >= 11 is 0. The van der Waals surface area contributed by atoms with Crippen molar-refractivity contribution >= 4 is 10.0 Å². The third-order valence-corrected chi connectivity index (χ3v) is 8.11. The average molecular weight is 471 g/mol.